The van der Waals surface area contributed by atoms with Crippen molar-refractivity contribution < 1.29 is 45.4 Å². The molecule has 674 valence electrons. The molecular formula is C98H91F4N19O8P4. The van der Waals surface area contributed by atoms with E-state index < -0.39 is 51.8 Å². The number of ketones is 2. The van der Waals surface area contributed by atoms with Crippen LogP contribution < -0.4 is 47.0 Å². The summed E-state index contributed by atoms with van der Waals surface area (Å²) in [7, 11) is -11.7. The van der Waals surface area contributed by atoms with Gasteiger partial charge in [-0.3, -0.25) is 29.2 Å². The summed E-state index contributed by atoms with van der Waals surface area (Å²) in [5.41, 5.74) is 9.96. The zero-order valence-corrected chi connectivity index (χ0v) is 76.2. The van der Waals surface area contributed by atoms with Crippen LogP contribution in [0, 0.1) is 53.0 Å². The second-order valence-corrected chi connectivity index (χ2v) is 46.3. The molecule has 0 atom stereocenters. The van der Waals surface area contributed by atoms with Gasteiger partial charge in [0.2, 0.25) is 18.1 Å². The van der Waals surface area contributed by atoms with Crippen LogP contribution in [0.2, 0.25) is 0 Å². The van der Waals surface area contributed by atoms with Crippen molar-refractivity contribution in [1.82, 2.24) is 55.3 Å². The van der Waals surface area contributed by atoms with E-state index in [-0.39, 0.29) is 46.4 Å². The Bertz CT molecular complexity index is 7170. The average Bonchev–Trinajstić information content (AvgIpc) is 0.780. The Morgan fingerprint density at radius 3 is 1.19 bits per heavy atom. The highest BCUT2D eigenvalue weighted by atomic mass is 31.2. The molecule has 7 aliphatic rings. The van der Waals surface area contributed by atoms with Crippen molar-refractivity contribution in [1.29, 1.82) is 10.5 Å². The molecule has 0 bridgehead atoms. The van der Waals surface area contributed by atoms with Gasteiger partial charge >= 0.3 is 0 Å². The lowest BCUT2D eigenvalue weighted by atomic mass is 9.93. The van der Waals surface area contributed by atoms with E-state index in [4.69, 9.17) is 10.5 Å². The van der Waals surface area contributed by atoms with Gasteiger partial charge in [-0.25, -0.2) is 42.7 Å². The lowest BCUT2D eigenvalue weighted by Gasteiger charge is -2.41. The third-order valence-corrected chi connectivity index (χ3v) is 37.6. The van der Waals surface area contributed by atoms with Gasteiger partial charge in [0.05, 0.1) is 33.4 Å². The van der Waals surface area contributed by atoms with Crippen molar-refractivity contribution in [3.63, 3.8) is 0 Å². The number of aryl methyl sites for hydroxylation is 1. The number of anilines is 3. The molecule has 12 heterocycles. The molecule has 2 N–H and O–H groups in total. The molecular weight excluding hydrogens is 1770 g/mol. The number of rotatable bonds is 15. The van der Waals surface area contributed by atoms with Crippen LogP contribution in [-0.4, -0.2) is 212 Å². The Kier molecular flexibility index (Phi) is 27.3. The molecule has 20 rings (SSSR count). The standard InChI is InChI=1S/C26H22FN4O2P.C25H25FN5O2P.C24H23FN5O2P.C23H21FN5O2P/c27-22-7-5-18(13-23-20-3-1-2-4-21(20)24(32)17-29-23)14-25(22)34(33)11-9-31(10-12-34)26-8-6-19(15-28)16-30-26;26-21-7-6-18(14-22-19-4-1-2-5-20(19)23(32)16-28-22)15-24(21)34(33)12-10-31(11-13-34)25(29-17-27)30-8-3-9-30;1-16-6-9-23(28-26-16)30-10-12-33(32,13-11-30)22-15-17(7-8-20(22)25)14-21-18-4-2-3-5-19(18)24(31)29-27-21;24-19-7-6-16(14-20-17-4-1-2-5-18(17)22(30)28-27-20)15-21(19)32(31)12-10-29(11-13-32)23-25-8-3-9-26-23/h1-8,14,16H,9-13,17H2;1-2,4-7,15H,3,8-14,16H2;2-9,15H,10-14H2,1H3,(H,29,31);1-9,15H,10-14H2,(H,28,30). The molecule has 0 saturated carbocycles. The molecule has 133 heavy (non-hydrogen) atoms. The summed E-state index contributed by atoms with van der Waals surface area (Å²) in [6.45, 7) is 7.86. The number of benzene rings is 8. The minimum absolute atomic E-state index is 0.00660. The number of fused-ring (bicyclic) bond motifs is 4. The highest BCUT2D eigenvalue weighted by Gasteiger charge is 2.40. The number of likely N-dealkylation sites (tertiary alicyclic amines) is 1. The van der Waals surface area contributed by atoms with Gasteiger partial charge in [0.1, 0.15) is 76.8 Å². The molecule has 27 nitrogen and oxygen atoms in total. The fourth-order valence-corrected chi connectivity index (χ4v) is 28.6. The number of aliphatic imine (C=N–C) groups is 3. The first-order chi connectivity index (χ1) is 64.4. The summed E-state index contributed by atoms with van der Waals surface area (Å²) >= 11 is 0. The SMILES string of the molecule is Cc1ccc(N2CCP(=O)(c3cc(Cc4n[nH]c(=O)c5ccccc45)ccc3F)CC2)nn1.N#CN=C(N1CCC1)N1CCP(=O)(c2cc(CC3=NCC(=O)c4ccccc43)ccc2F)CC1.N#Cc1ccc(N2CCP(=O)(c3cc(CC4=NCC(=O)c5ccccc54)ccc3F)CC2)nc1.O=c1[nH]nc(Cc2ccc(F)c(P3(=O)CCN(c4ncccn4)CC3)c2)c2ccccc12. The van der Waals surface area contributed by atoms with E-state index in [2.05, 4.69) is 60.5 Å². The van der Waals surface area contributed by atoms with E-state index in [1.165, 1.54) is 30.5 Å². The maximum Gasteiger partial charge on any atom is 0.272 e. The monoisotopic (exact) mass is 1860 g/mol. The van der Waals surface area contributed by atoms with Gasteiger partial charge < -0.3 is 42.8 Å². The maximum absolute atomic E-state index is 14.9. The molecule has 0 radical (unpaired) electrons. The van der Waals surface area contributed by atoms with Crippen LogP contribution in [0.3, 0.4) is 0 Å². The van der Waals surface area contributed by atoms with Crippen LogP contribution in [0.15, 0.2) is 243 Å². The van der Waals surface area contributed by atoms with Crippen LogP contribution >= 0.6 is 28.6 Å². The molecule has 13 aromatic rings. The van der Waals surface area contributed by atoms with Crippen LogP contribution in [0.1, 0.15) is 83.2 Å². The van der Waals surface area contributed by atoms with Crippen molar-refractivity contribution in [3.8, 4) is 12.3 Å². The molecule has 0 spiro atoms. The van der Waals surface area contributed by atoms with Crippen LogP contribution in [-0.2, 0) is 43.9 Å². The summed E-state index contributed by atoms with van der Waals surface area (Å²) < 4.78 is 115. The van der Waals surface area contributed by atoms with Crippen molar-refractivity contribution in [2.75, 3.05) is 143 Å². The normalized spacial score (nSPS) is 17.0. The number of aromatic nitrogens is 9. The smallest absolute Gasteiger partial charge is 0.272 e. The van der Waals surface area contributed by atoms with E-state index in [9.17, 15) is 55.0 Å². The van der Waals surface area contributed by atoms with Gasteiger partial charge in [-0.15, -0.1) is 10.1 Å². The fourth-order valence-electron chi connectivity index (χ4n) is 17.8. The number of nitrogens with zero attached hydrogens (tertiary/aromatic N) is 17. The third-order valence-electron chi connectivity index (χ3n) is 25.3. The molecule has 5 fully saturated rings. The topological polar surface area (TPSA) is 359 Å². The van der Waals surface area contributed by atoms with Crippen molar-refractivity contribution in [3.05, 3.63) is 330 Å². The van der Waals surface area contributed by atoms with Gasteiger partial charge in [0.15, 0.2) is 17.4 Å². The summed E-state index contributed by atoms with van der Waals surface area (Å²) in [4.78, 5) is 84.3. The first kappa shape index (κ1) is 91.2. The summed E-state index contributed by atoms with van der Waals surface area (Å²) in [5.74, 6) is 0.918. The van der Waals surface area contributed by atoms with Gasteiger partial charge in [-0.05, 0) is 127 Å². The van der Waals surface area contributed by atoms with Gasteiger partial charge in [-0.1, -0.05) is 109 Å². The number of nitrogens with one attached hydrogen (secondary N) is 2. The molecule has 35 heteroatoms. The first-order valence-corrected chi connectivity index (χ1v) is 52.1. The van der Waals surface area contributed by atoms with Crippen LogP contribution in [0.5, 0.6) is 0 Å². The first-order valence-electron chi connectivity index (χ1n) is 43.8. The zero-order chi connectivity index (χ0) is 92.5. The highest BCUT2D eigenvalue weighted by Crippen LogP contribution is 2.51. The number of H-pyrrole nitrogens is 2. The number of hydrogen-bond donors (Lipinski definition) is 2. The number of aromatic amines is 2. The lowest BCUT2D eigenvalue weighted by molar-refractivity contribution is 0.0992. The van der Waals surface area contributed by atoms with E-state index in [1.807, 2.05) is 116 Å². The molecule has 5 saturated heterocycles. The Hall–Kier alpha value is -13.7. The number of guanidine groups is 1. The summed E-state index contributed by atoms with van der Waals surface area (Å²) in [6, 6.07) is 59.5. The van der Waals surface area contributed by atoms with Crippen LogP contribution in [0.4, 0.5) is 35.1 Å². The molecule has 5 aromatic heterocycles. The lowest BCUT2D eigenvalue weighted by Crippen LogP contribution is -2.53. The zero-order valence-electron chi connectivity index (χ0n) is 72.6. The highest BCUT2D eigenvalue weighted by molar-refractivity contribution is 7.72. The fraction of sp³-hybridized carbons (Fsp3) is 0.265. The van der Waals surface area contributed by atoms with E-state index in [1.54, 1.807) is 116 Å². The Balaban J connectivity index is 0.000000124. The van der Waals surface area contributed by atoms with Crippen molar-refractivity contribution in [2.24, 2.45) is 15.0 Å². The third kappa shape index (κ3) is 20.2. The maximum atomic E-state index is 14.9. The van der Waals surface area contributed by atoms with Gasteiger partial charge in [0.25, 0.3) is 11.1 Å². The number of pyridine rings is 1. The Morgan fingerprint density at radius 1 is 0.414 bits per heavy atom. The molecule has 0 amide bonds. The minimum Gasteiger partial charge on any atom is -0.356 e. The van der Waals surface area contributed by atoms with Crippen molar-refractivity contribution >= 4 is 118 Å². The number of Topliss-reactive ketones (excluding diaryl/α,β-unsaturated/α-hetero) is 2. The molecule has 0 unspecified atom stereocenters. The van der Waals surface area contributed by atoms with Crippen LogP contribution in [0.25, 0.3) is 21.5 Å². The predicted molar refractivity (Wildman–Crippen MR) is 511 cm³/mol. The predicted octanol–water partition coefficient (Wildman–Crippen LogP) is 12.9. The van der Waals surface area contributed by atoms with Crippen molar-refractivity contribution in [2.45, 2.75) is 39.0 Å². The van der Waals surface area contributed by atoms with E-state index >= 15 is 0 Å². The van der Waals surface area contributed by atoms with Gasteiger partial charge in [-0.2, -0.15) is 25.8 Å². The second-order valence-electron chi connectivity index (χ2n) is 33.6. The number of halogens is 4. The number of hydrogen-bond acceptors (Lipinski definition) is 23. The minimum atomic E-state index is -2.94. The Morgan fingerprint density at radius 2 is 0.797 bits per heavy atom. The number of carbonyl (C=O) groups is 2. The largest absolute Gasteiger partial charge is 0.356 e. The Labute approximate surface area is 763 Å². The number of carbonyl (C=O) groups excluding carboxylic acids is 2. The van der Waals surface area contributed by atoms with E-state index in [0.717, 1.165) is 92.4 Å². The number of nitriles is 2. The molecule has 8 aromatic carbocycles. The second kappa shape index (κ2) is 39.8. The van der Waals surface area contributed by atoms with E-state index in [0.29, 0.717) is 189 Å². The molecule has 0 aliphatic carbocycles. The summed E-state index contributed by atoms with van der Waals surface area (Å²) in [6.07, 6.45) is 12.4. The average molecular weight is 1860 g/mol. The summed E-state index contributed by atoms with van der Waals surface area (Å²) in [5, 5.41) is 43.6. The van der Waals surface area contributed by atoms with Gasteiger partial charge in [0, 0.05) is 225 Å². The quantitative estimate of drug-likeness (QED) is 0.0316. The molecule has 7 aliphatic heterocycles.